The van der Waals surface area contributed by atoms with Gasteiger partial charge in [0.1, 0.15) is 5.69 Å². The van der Waals surface area contributed by atoms with Crippen molar-refractivity contribution in [2.45, 2.75) is 13.8 Å². The fourth-order valence-electron chi connectivity index (χ4n) is 2.05. The summed E-state index contributed by atoms with van der Waals surface area (Å²) < 4.78 is 5.25. The zero-order valence-corrected chi connectivity index (χ0v) is 12.8. The normalized spacial score (nSPS) is 11.5. The number of benzene rings is 1. The van der Waals surface area contributed by atoms with Gasteiger partial charge in [-0.1, -0.05) is 29.8 Å². The number of furan rings is 1. The number of nitrogens with zero attached hydrogens (tertiary/aromatic N) is 2. The van der Waals surface area contributed by atoms with Crippen LogP contribution in [0.3, 0.4) is 0 Å². The van der Waals surface area contributed by atoms with Crippen LogP contribution in [-0.4, -0.2) is 21.8 Å². The van der Waals surface area contributed by atoms with Crippen LogP contribution in [-0.2, 0) is 0 Å². The molecule has 0 bridgehead atoms. The minimum Gasteiger partial charge on any atom is -0.463 e. The Kier molecular flexibility index (Phi) is 4.05. The first-order valence-corrected chi connectivity index (χ1v) is 7.14. The largest absolute Gasteiger partial charge is 0.463 e. The molecule has 0 saturated carbocycles. The molecular formula is C17H16N4O2. The van der Waals surface area contributed by atoms with Gasteiger partial charge in [0.2, 0.25) is 0 Å². The van der Waals surface area contributed by atoms with Gasteiger partial charge in [-0.15, -0.1) is 0 Å². The number of aromatic amines is 1. The predicted molar refractivity (Wildman–Crippen MR) is 87.1 cm³/mol. The Balaban J connectivity index is 1.69. The molecule has 0 unspecified atom stereocenters. The molecule has 0 atom stereocenters. The molecule has 2 aromatic heterocycles. The molecule has 0 aliphatic rings. The molecule has 0 radical (unpaired) electrons. The van der Waals surface area contributed by atoms with Crippen LogP contribution >= 0.6 is 0 Å². The molecule has 2 heterocycles. The molecule has 0 saturated heterocycles. The van der Waals surface area contributed by atoms with Gasteiger partial charge in [-0.05, 0) is 31.5 Å². The number of amides is 1. The number of hydrogen-bond acceptors (Lipinski definition) is 4. The zero-order valence-electron chi connectivity index (χ0n) is 12.8. The second-order valence-electron chi connectivity index (χ2n) is 5.15. The molecule has 1 amide bonds. The van der Waals surface area contributed by atoms with Gasteiger partial charge in [0.15, 0.2) is 11.5 Å². The Morgan fingerprint density at radius 3 is 2.74 bits per heavy atom. The van der Waals surface area contributed by atoms with Gasteiger partial charge >= 0.3 is 0 Å². The van der Waals surface area contributed by atoms with E-state index in [1.807, 2.05) is 38.1 Å². The monoisotopic (exact) mass is 308 g/mol. The highest BCUT2D eigenvalue weighted by molar-refractivity contribution is 6.00. The standard InChI is InChI=1S/C17H16N4O2/c1-11-5-7-13(8-6-11)12(2)18-21-17(22)15-10-14(19-20-15)16-4-3-9-23-16/h3-10H,1-2H3,(H,19,20)(H,21,22). The topological polar surface area (TPSA) is 83.3 Å². The molecule has 0 fully saturated rings. The van der Waals surface area contributed by atoms with Crippen molar-refractivity contribution in [2.24, 2.45) is 5.10 Å². The fraction of sp³-hybridized carbons (Fsp3) is 0.118. The van der Waals surface area contributed by atoms with Crippen molar-refractivity contribution in [1.29, 1.82) is 0 Å². The van der Waals surface area contributed by atoms with E-state index in [1.54, 1.807) is 24.5 Å². The third-order valence-corrected chi connectivity index (χ3v) is 3.39. The third kappa shape index (κ3) is 3.37. The number of carbonyl (C=O) groups is 1. The van der Waals surface area contributed by atoms with Crippen LogP contribution in [0.15, 0.2) is 58.2 Å². The maximum Gasteiger partial charge on any atom is 0.291 e. The molecule has 6 nitrogen and oxygen atoms in total. The van der Waals surface area contributed by atoms with Crippen molar-refractivity contribution in [3.63, 3.8) is 0 Å². The summed E-state index contributed by atoms with van der Waals surface area (Å²) in [4.78, 5) is 12.1. The van der Waals surface area contributed by atoms with Crippen LogP contribution in [0.5, 0.6) is 0 Å². The lowest BCUT2D eigenvalue weighted by Crippen LogP contribution is -2.19. The van der Waals surface area contributed by atoms with Crippen LogP contribution in [0.1, 0.15) is 28.5 Å². The number of hydrazone groups is 1. The number of hydrogen-bond donors (Lipinski definition) is 2. The maximum absolute atomic E-state index is 12.1. The minimum absolute atomic E-state index is 0.247. The van der Waals surface area contributed by atoms with E-state index in [0.717, 1.165) is 11.3 Å². The number of aromatic nitrogens is 2. The highest BCUT2D eigenvalue weighted by Gasteiger charge is 2.12. The van der Waals surface area contributed by atoms with Gasteiger partial charge in [0, 0.05) is 6.07 Å². The Bertz CT molecular complexity index is 830. The first kappa shape index (κ1) is 14.8. The van der Waals surface area contributed by atoms with E-state index in [2.05, 4.69) is 20.7 Å². The molecule has 6 heteroatoms. The van der Waals surface area contributed by atoms with E-state index in [9.17, 15) is 4.79 Å². The summed E-state index contributed by atoms with van der Waals surface area (Å²) in [5, 5.41) is 10.8. The fourth-order valence-corrected chi connectivity index (χ4v) is 2.05. The van der Waals surface area contributed by atoms with E-state index in [0.29, 0.717) is 11.5 Å². The molecule has 1 aromatic carbocycles. The van der Waals surface area contributed by atoms with Gasteiger partial charge in [0.05, 0.1) is 12.0 Å². The second kappa shape index (κ2) is 6.31. The Hall–Kier alpha value is -3.15. The van der Waals surface area contributed by atoms with Crippen LogP contribution in [0.2, 0.25) is 0 Å². The lowest BCUT2D eigenvalue weighted by Gasteiger charge is -2.02. The van der Waals surface area contributed by atoms with Crippen LogP contribution < -0.4 is 5.43 Å². The number of nitrogens with one attached hydrogen (secondary N) is 2. The predicted octanol–water partition coefficient (Wildman–Crippen LogP) is 3.13. The van der Waals surface area contributed by atoms with Gasteiger partial charge in [-0.3, -0.25) is 9.89 Å². The lowest BCUT2D eigenvalue weighted by atomic mass is 10.1. The molecule has 3 rings (SSSR count). The average molecular weight is 308 g/mol. The number of rotatable bonds is 4. The van der Waals surface area contributed by atoms with Crippen molar-refractivity contribution in [3.8, 4) is 11.5 Å². The van der Waals surface area contributed by atoms with Gasteiger partial charge in [-0.2, -0.15) is 10.2 Å². The molecule has 3 aromatic rings. The highest BCUT2D eigenvalue weighted by Crippen LogP contribution is 2.17. The first-order chi connectivity index (χ1) is 11.1. The first-order valence-electron chi connectivity index (χ1n) is 7.14. The van der Waals surface area contributed by atoms with Crippen LogP contribution in [0, 0.1) is 6.92 Å². The summed E-state index contributed by atoms with van der Waals surface area (Å²) in [7, 11) is 0. The Labute approximate surface area is 133 Å². The number of H-pyrrole nitrogens is 1. The molecule has 0 spiro atoms. The van der Waals surface area contributed by atoms with Crippen LogP contribution in [0.4, 0.5) is 0 Å². The summed E-state index contributed by atoms with van der Waals surface area (Å²) >= 11 is 0. The zero-order chi connectivity index (χ0) is 16.2. The third-order valence-electron chi connectivity index (χ3n) is 3.39. The van der Waals surface area contributed by atoms with Gasteiger partial charge in [0.25, 0.3) is 5.91 Å². The molecule has 0 aliphatic heterocycles. The SMILES string of the molecule is CC(=NNC(=O)c1cc(-c2ccco2)[nH]n1)c1ccc(C)cc1. The Morgan fingerprint density at radius 2 is 2.04 bits per heavy atom. The second-order valence-corrected chi connectivity index (χ2v) is 5.15. The Morgan fingerprint density at radius 1 is 1.26 bits per heavy atom. The van der Waals surface area contributed by atoms with E-state index in [4.69, 9.17) is 4.42 Å². The molecule has 0 aliphatic carbocycles. The summed E-state index contributed by atoms with van der Waals surface area (Å²) in [6.07, 6.45) is 1.56. The van der Waals surface area contributed by atoms with E-state index >= 15 is 0 Å². The van der Waals surface area contributed by atoms with Crippen molar-refractivity contribution in [2.75, 3.05) is 0 Å². The van der Waals surface area contributed by atoms with Crippen molar-refractivity contribution >= 4 is 11.6 Å². The molecule has 116 valence electrons. The summed E-state index contributed by atoms with van der Waals surface area (Å²) in [6.45, 7) is 3.86. The quantitative estimate of drug-likeness (QED) is 0.573. The minimum atomic E-state index is -0.384. The highest BCUT2D eigenvalue weighted by atomic mass is 16.3. The van der Waals surface area contributed by atoms with E-state index < -0.39 is 0 Å². The lowest BCUT2D eigenvalue weighted by molar-refractivity contribution is 0.0950. The van der Waals surface area contributed by atoms with Gasteiger partial charge in [-0.25, -0.2) is 5.43 Å². The van der Waals surface area contributed by atoms with Crippen molar-refractivity contribution in [1.82, 2.24) is 15.6 Å². The molecule has 23 heavy (non-hydrogen) atoms. The van der Waals surface area contributed by atoms with Gasteiger partial charge < -0.3 is 4.42 Å². The maximum atomic E-state index is 12.1. The van der Waals surface area contributed by atoms with Crippen molar-refractivity contribution < 1.29 is 9.21 Å². The summed E-state index contributed by atoms with van der Waals surface area (Å²) in [5.41, 5.74) is 6.24. The number of carbonyl (C=O) groups excluding carboxylic acids is 1. The molecular weight excluding hydrogens is 292 g/mol. The van der Waals surface area contributed by atoms with E-state index in [-0.39, 0.29) is 11.6 Å². The summed E-state index contributed by atoms with van der Waals surface area (Å²) in [5.74, 6) is 0.237. The van der Waals surface area contributed by atoms with E-state index in [1.165, 1.54) is 5.56 Å². The van der Waals surface area contributed by atoms with Crippen LogP contribution in [0.25, 0.3) is 11.5 Å². The van der Waals surface area contributed by atoms with Crippen molar-refractivity contribution in [3.05, 3.63) is 65.5 Å². The smallest absolute Gasteiger partial charge is 0.291 e. The average Bonchev–Trinajstić information content (AvgIpc) is 3.23. The summed E-state index contributed by atoms with van der Waals surface area (Å²) in [6, 6.07) is 13.1. The number of aryl methyl sites for hydroxylation is 1. The molecule has 2 N–H and O–H groups in total.